The number of nitrogens with zero attached hydrogens (tertiary/aromatic N) is 1. The van der Waals surface area contributed by atoms with Crippen molar-refractivity contribution in [3.63, 3.8) is 0 Å². The molecule has 2 aliphatic rings. The third-order valence-corrected chi connectivity index (χ3v) is 4.66. The molecule has 1 heterocycles. The van der Waals surface area contributed by atoms with E-state index in [1.54, 1.807) is 0 Å². The first kappa shape index (κ1) is 13.9. The van der Waals surface area contributed by atoms with Crippen molar-refractivity contribution in [3.05, 3.63) is 0 Å². The van der Waals surface area contributed by atoms with E-state index >= 15 is 0 Å². The third kappa shape index (κ3) is 3.47. The van der Waals surface area contributed by atoms with Crippen LogP contribution in [0.25, 0.3) is 0 Å². The van der Waals surface area contributed by atoms with Gasteiger partial charge in [-0.2, -0.15) is 0 Å². The Balaban J connectivity index is 1.69. The average Bonchev–Trinajstić information content (AvgIpc) is 2.71. The maximum atomic E-state index is 12.1. The summed E-state index contributed by atoms with van der Waals surface area (Å²) in [5.41, 5.74) is 0. The molecule has 1 aliphatic carbocycles. The Morgan fingerprint density at radius 2 is 1.94 bits per heavy atom. The van der Waals surface area contributed by atoms with Crippen LogP contribution in [0.3, 0.4) is 0 Å². The highest BCUT2D eigenvalue weighted by atomic mass is 16.2. The molecular formula is C15H28N2O. The summed E-state index contributed by atoms with van der Waals surface area (Å²) in [7, 11) is 0. The first-order valence-corrected chi connectivity index (χ1v) is 7.73. The van der Waals surface area contributed by atoms with E-state index in [0.29, 0.717) is 5.91 Å². The van der Waals surface area contributed by atoms with Crippen LogP contribution in [0.15, 0.2) is 0 Å². The van der Waals surface area contributed by atoms with Gasteiger partial charge in [0.2, 0.25) is 5.91 Å². The van der Waals surface area contributed by atoms with Gasteiger partial charge in [-0.3, -0.25) is 10.1 Å². The highest BCUT2D eigenvalue weighted by Crippen LogP contribution is 2.30. The minimum atomic E-state index is 0.0985. The van der Waals surface area contributed by atoms with Crippen LogP contribution in [0.5, 0.6) is 0 Å². The number of rotatable bonds is 5. The van der Waals surface area contributed by atoms with Gasteiger partial charge in [0.05, 0.1) is 12.7 Å². The lowest BCUT2D eigenvalue weighted by atomic mass is 9.81. The average molecular weight is 252 g/mol. The summed E-state index contributed by atoms with van der Waals surface area (Å²) in [6.45, 7) is 6.23. The highest BCUT2D eigenvalue weighted by molar-refractivity contribution is 5.83. The summed E-state index contributed by atoms with van der Waals surface area (Å²) in [6.07, 6.45) is 8.78. The number of hydrogen-bond acceptors (Lipinski definition) is 2. The molecule has 1 aliphatic heterocycles. The van der Waals surface area contributed by atoms with Crippen molar-refractivity contribution < 1.29 is 4.79 Å². The topological polar surface area (TPSA) is 32.3 Å². The lowest BCUT2D eigenvalue weighted by Crippen LogP contribution is -2.32. The summed E-state index contributed by atoms with van der Waals surface area (Å²) in [4.78, 5) is 14.1. The Hall–Kier alpha value is -0.570. The molecule has 0 radical (unpaired) electrons. The van der Waals surface area contributed by atoms with Gasteiger partial charge in [0, 0.05) is 6.54 Å². The van der Waals surface area contributed by atoms with Crippen LogP contribution in [0.4, 0.5) is 0 Å². The number of amides is 1. The quantitative estimate of drug-likeness (QED) is 0.816. The molecule has 1 N–H and O–H groups in total. The zero-order chi connectivity index (χ0) is 13.0. The zero-order valence-electron chi connectivity index (χ0n) is 12.0. The Morgan fingerprint density at radius 1 is 1.22 bits per heavy atom. The predicted octanol–water partition coefficient (Wildman–Crippen LogP) is 2.76. The Bertz CT molecular complexity index is 272. The van der Waals surface area contributed by atoms with Crippen molar-refractivity contribution in [1.82, 2.24) is 10.2 Å². The number of nitrogens with one attached hydrogen (secondary N) is 1. The van der Waals surface area contributed by atoms with Gasteiger partial charge in [-0.15, -0.1) is 0 Å². The molecule has 1 saturated carbocycles. The van der Waals surface area contributed by atoms with Gasteiger partial charge in [-0.05, 0) is 24.7 Å². The van der Waals surface area contributed by atoms with Gasteiger partial charge < -0.3 is 4.90 Å². The van der Waals surface area contributed by atoms with E-state index in [0.717, 1.165) is 37.9 Å². The molecule has 2 rings (SSSR count). The molecule has 0 spiro atoms. The molecule has 1 saturated heterocycles. The van der Waals surface area contributed by atoms with E-state index < -0.39 is 0 Å². The van der Waals surface area contributed by atoms with E-state index in [1.807, 2.05) is 4.90 Å². The summed E-state index contributed by atoms with van der Waals surface area (Å²) < 4.78 is 0. The summed E-state index contributed by atoms with van der Waals surface area (Å²) >= 11 is 0. The zero-order valence-corrected chi connectivity index (χ0v) is 12.0. The standard InChI is InChI=1S/C15H28N2O/c1-3-4-14-15(18)17(11-16-14)10-9-13-7-5-12(2)6-8-13/h12-14,16H,3-11H2,1-2H3. The molecule has 18 heavy (non-hydrogen) atoms. The van der Waals surface area contributed by atoms with Gasteiger partial charge in [-0.1, -0.05) is 46.0 Å². The van der Waals surface area contributed by atoms with Crippen LogP contribution in [0.1, 0.15) is 58.8 Å². The molecule has 2 fully saturated rings. The monoisotopic (exact) mass is 252 g/mol. The van der Waals surface area contributed by atoms with Crippen molar-refractivity contribution >= 4 is 5.91 Å². The SMILES string of the molecule is CCCC1NCN(CCC2CCC(C)CC2)C1=O. The highest BCUT2D eigenvalue weighted by Gasteiger charge is 2.30. The normalized spacial score (nSPS) is 33.1. The first-order chi connectivity index (χ1) is 8.70. The van der Waals surface area contributed by atoms with Crippen LogP contribution in [-0.2, 0) is 4.79 Å². The Labute approximate surface area is 111 Å². The summed E-state index contributed by atoms with van der Waals surface area (Å²) in [5, 5.41) is 3.33. The van der Waals surface area contributed by atoms with Gasteiger partial charge in [0.25, 0.3) is 0 Å². The molecule has 0 bridgehead atoms. The van der Waals surface area contributed by atoms with Gasteiger partial charge in [-0.25, -0.2) is 0 Å². The van der Waals surface area contributed by atoms with Gasteiger partial charge in [0.15, 0.2) is 0 Å². The molecule has 0 aromatic carbocycles. The van der Waals surface area contributed by atoms with Crippen LogP contribution >= 0.6 is 0 Å². The fourth-order valence-corrected chi connectivity index (χ4v) is 3.27. The lowest BCUT2D eigenvalue weighted by Gasteiger charge is -2.27. The largest absolute Gasteiger partial charge is 0.329 e. The maximum Gasteiger partial charge on any atom is 0.240 e. The van der Waals surface area contributed by atoms with Crippen molar-refractivity contribution in [2.75, 3.05) is 13.2 Å². The fourth-order valence-electron chi connectivity index (χ4n) is 3.27. The smallest absolute Gasteiger partial charge is 0.240 e. The molecule has 3 heteroatoms. The lowest BCUT2D eigenvalue weighted by molar-refractivity contribution is -0.129. The van der Waals surface area contributed by atoms with E-state index in [1.165, 1.54) is 32.1 Å². The molecular weight excluding hydrogens is 224 g/mol. The van der Waals surface area contributed by atoms with Crippen LogP contribution in [0.2, 0.25) is 0 Å². The van der Waals surface area contributed by atoms with E-state index in [9.17, 15) is 4.79 Å². The minimum absolute atomic E-state index is 0.0985. The van der Waals surface area contributed by atoms with E-state index in [2.05, 4.69) is 19.2 Å². The maximum absolute atomic E-state index is 12.1. The Kier molecular flexibility index (Phi) is 5.04. The number of carbonyl (C=O) groups excluding carboxylic acids is 1. The third-order valence-electron chi connectivity index (χ3n) is 4.66. The molecule has 104 valence electrons. The molecule has 1 atom stereocenters. The molecule has 1 unspecified atom stereocenters. The van der Waals surface area contributed by atoms with E-state index in [4.69, 9.17) is 0 Å². The second kappa shape index (κ2) is 6.55. The number of hydrogen-bond donors (Lipinski definition) is 1. The van der Waals surface area contributed by atoms with Crippen molar-refractivity contribution in [3.8, 4) is 0 Å². The second-order valence-corrected chi connectivity index (χ2v) is 6.22. The van der Waals surface area contributed by atoms with Crippen molar-refractivity contribution in [2.24, 2.45) is 11.8 Å². The van der Waals surface area contributed by atoms with Gasteiger partial charge in [0.1, 0.15) is 0 Å². The first-order valence-electron chi connectivity index (χ1n) is 7.73. The fraction of sp³-hybridized carbons (Fsp3) is 0.933. The molecule has 3 nitrogen and oxygen atoms in total. The summed E-state index contributed by atoms with van der Waals surface area (Å²) in [6, 6.07) is 0.0985. The van der Waals surface area contributed by atoms with Crippen molar-refractivity contribution in [2.45, 2.75) is 64.8 Å². The van der Waals surface area contributed by atoms with Crippen molar-refractivity contribution in [1.29, 1.82) is 0 Å². The number of carbonyl (C=O) groups is 1. The minimum Gasteiger partial charge on any atom is -0.329 e. The molecule has 1 amide bonds. The Morgan fingerprint density at radius 3 is 2.61 bits per heavy atom. The molecule has 0 aromatic heterocycles. The van der Waals surface area contributed by atoms with Crippen LogP contribution < -0.4 is 5.32 Å². The predicted molar refractivity (Wildman–Crippen MR) is 74.2 cm³/mol. The van der Waals surface area contributed by atoms with E-state index in [-0.39, 0.29) is 6.04 Å². The van der Waals surface area contributed by atoms with Crippen LogP contribution in [-0.4, -0.2) is 30.1 Å². The summed E-state index contributed by atoms with van der Waals surface area (Å²) in [5.74, 6) is 2.12. The second-order valence-electron chi connectivity index (χ2n) is 6.22. The van der Waals surface area contributed by atoms with Gasteiger partial charge >= 0.3 is 0 Å². The van der Waals surface area contributed by atoms with Crippen LogP contribution in [0, 0.1) is 11.8 Å². The molecule has 0 aromatic rings.